The van der Waals surface area contributed by atoms with Crippen molar-refractivity contribution < 1.29 is 103 Å². The normalized spacial score (nSPS) is 12.3. The van der Waals surface area contributed by atoms with E-state index in [0.717, 1.165) is 73.3 Å². The summed E-state index contributed by atoms with van der Waals surface area (Å²) in [6.07, 6.45) is 10.7. The molecule has 5 aromatic heterocycles. The third kappa shape index (κ3) is 22.0. The molecule has 1 aliphatic heterocycles. The van der Waals surface area contributed by atoms with E-state index in [1.807, 2.05) is 66.1 Å². The Hall–Kier alpha value is -7.03. The minimum atomic E-state index is -3.44. The number of thiophene rings is 1. The van der Waals surface area contributed by atoms with Crippen LogP contribution in [0.5, 0.6) is 0 Å². The SMILES string of the molecule is CC(=O)C=C(C)O.CC(=O)C=C(C)O.CC(=O)C=C(C)O.CCc1cc(-c2[c-]cc3sc4ccccc4c3c2)ncc1[Si](C)(C)C.C[Si](C)(C)c1ccc(-c2[c-]cc3c(c2)-c2ccccc2S3(=O)=O)nc1.Cc1cc(-c2[c-]cc3oc4ccccc4c3c2)ncc1[Si](C)(C)C.[Ir].[Ir].[Ir]. The van der Waals surface area contributed by atoms with Crippen LogP contribution in [0, 0.1) is 25.1 Å². The monoisotopic (exact) mass is 1930 g/mol. The van der Waals surface area contributed by atoms with Crippen LogP contribution in [0.15, 0.2) is 202 Å². The molecule has 0 saturated carbocycles. The first-order valence-electron chi connectivity index (χ1n) is 31.2. The number of aromatic nitrogens is 3. The van der Waals surface area contributed by atoms with Gasteiger partial charge < -0.3 is 34.7 Å². The van der Waals surface area contributed by atoms with Crippen LogP contribution in [0.2, 0.25) is 58.9 Å². The van der Waals surface area contributed by atoms with Gasteiger partial charge in [0.25, 0.3) is 0 Å². The molecule has 0 amide bonds. The number of sulfone groups is 1. The predicted molar refractivity (Wildman–Crippen MR) is 401 cm³/mol. The zero-order valence-electron chi connectivity index (χ0n) is 58.3. The van der Waals surface area contributed by atoms with E-state index in [0.29, 0.717) is 9.79 Å². The van der Waals surface area contributed by atoms with Gasteiger partial charge in [0.15, 0.2) is 27.2 Å². The minimum Gasteiger partial charge on any atom is -0.512 e. The summed E-state index contributed by atoms with van der Waals surface area (Å²) in [5, 5.41) is 34.2. The molecule has 98 heavy (non-hydrogen) atoms. The zero-order chi connectivity index (χ0) is 69.9. The van der Waals surface area contributed by atoms with Crippen LogP contribution in [-0.2, 0) is 91.0 Å². The van der Waals surface area contributed by atoms with E-state index in [2.05, 4.69) is 175 Å². The van der Waals surface area contributed by atoms with Crippen LogP contribution >= 0.6 is 11.3 Å². The van der Waals surface area contributed by atoms with Gasteiger partial charge in [-0.25, -0.2) is 8.42 Å². The van der Waals surface area contributed by atoms with E-state index >= 15 is 0 Å². The molecule has 6 aromatic carbocycles. The minimum absolute atomic E-state index is 0. The summed E-state index contributed by atoms with van der Waals surface area (Å²) >= 11 is 1.83. The van der Waals surface area contributed by atoms with E-state index in [-0.39, 0.29) is 94.9 Å². The Kier molecular flexibility index (Phi) is 30.5. The number of pyridine rings is 3. The second kappa shape index (κ2) is 35.8. The molecule has 0 unspecified atom stereocenters. The summed E-state index contributed by atoms with van der Waals surface area (Å²) in [7, 11) is -7.55. The first kappa shape index (κ1) is 83.4. The van der Waals surface area contributed by atoms with Crippen LogP contribution in [0.25, 0.3) is 87.0 Å². The number of aliphatic hydroxyl groups is 3. The first-order chi connectivity index (χ1) is 44.6. The maximum atomic E-state index is 12.6. The van der Waals surface area contributed by atoms with E-state index in [4.69, 9.17) is 29.7 Å². The quantitative estimate of drug-likeness (QED) is 0.0508. The fourth-order valence-electron chi connectivity index (χ4n) is 10.7. The number of nitrogens with zero attached hydrogens (tertiary/aromatic N) is 3. The number of hydrogen-bond donors (Lipinski definition) is 3. The molecule has 12 nitrogen and oxygen atoms in total. The average Bonchev–Trinajstić information content (AvgIpc) is 1.57. The Morgan fingerprint density at radius 1 is 0.490 bits per heavy atom. The Bertz CT molecular complexity index is 4790. The largest absolute Gasteiger partial charge is 0.512 e. The Morgan fingerprint density at radius 2 is 0.980 bits per heavy atom. The van der Waals surface area contributed by atoms with Gasteiger partial charge in [-0.05, 0) is 126 Å². The maximum absolute atomic E-state index is 12.6. The number of furan rings is 1. The molecule has 0 aliphatic carbocycles. The number of aryl methyl sites for hydroxylation is 2. The van der Waals surface area contributed by atoms with E-state index in [9.17, 15) is 22.8 Å². The number of ketones is 3. The second-order valence-corrected chi connectivity index (χ2v) is 44.5. The Morgan fingerprint density at radius 3 is 1.50 bits per heavy atom. The molecule has 3 radical (unpaired) electrons. The van der Waals surface area contributed by atoms with Crippen LogP contribution in [0.4, 0.5) is 0 Å². The van der Waals surface area contributed by atoms with Gasteiger partial charge in [0.05, 0.1) is 52.0 Å². The standard InChI is InChI=1S/C22H22NSSi.C21H20NOSi.C20H18NO2SSi.3C5H8O2.3Ir/c1-5-15-13-19(23-14-22(15)25(2,3)4)16-10-11-21-18(12-16)17-8-6-7-9-20(17)24-21;1-14-11-18(22-13-21(14)24(2,3)4)15-9-10-20-17(12-15)16-7-5-6-8-19(16)23-20;1-25(2,3)15-9-10-18(21-13-15)14-8-11-20-17(12-14)16-6-4-5-7-19(16)24(20,22)23;3*1-4(6)3-5(2)7;;;/h6-9,11-14H,5H2,1-4H3;5-8,10-13H,1-4H3;4-7,9-13H,1-3H3;3*3,6H,1-2H3;;;/q3*-1;;;;;;. The first-order valence-corrected chi connectivity index (χ1v) is 44.0. The van der Waals surface area contributed by atoms with Crippen molar-refractivity contribution in [1.29, 1.82) is 0 Å². The van der Waals surface area contributed by atoms with Crippen molar-refractivity contribution in [2.75, 3.05) is 0 Å². The zero-order valence-corrected chi connectivity index (χ0v) is 70.1. The molecular weight excluding hydrogens is 1850 g/mol. The molecule has 0 saturated heterocycles. The molecular formula is C78H84Ir3N3O9S2Si3-3. The van der Waals surface area contributed by atoms with Gasteiger partial charge in [-0.2, -0.15) is 11.3 Å². The van der Waals surface area contributed by atoms with Crippen LogP contribution in [-0.4, -0.2) is 80.3 Å². The van der Waals surface area contributed by atoms with Crippen LogP contribution < -0.4 is 15.6 Å². The van der Waals surface area contributed by atoms with Gasteiger partial charge >= 0.3 is 0 Å². The van der Waals surface area contributed by atoms with Gasteiger partial charge in [0.1, 0.15) is 5.58 Å². The number of benzene rings is 6. The molecule has 6 heterocycles. The summed E-state index contributed by atoms with van der Waals surface area (Å²) in [6, 6.07) is 54.2. The van der Waals surface area contributed by atoms with Crippen molar-refractivity contribution in [3.05, 3.63) is 217 Å². The number of carbonyl (C=O) groups is 3. The number of carbonyl (C=O) groups excluding carboxylic acids is 3. The summed E-state index contributed by atoms with van der Waals surface area (Å²) in [6.45, 7) is 34.0. The molecule has 3 N–H and O–H groups in total. The second-order valence-electron chi connectivity index (χ2n) is 26.4. The van der Waals surface area contributed by atoms with Gasteiger partial charge in [-0.1, -0.05) is 172 Å². The molecule has 0 fully saturated rings. The van der Waals surface area contributed by atoms with Crippen molar-refractivity contribution in [2.45, 2.75) is 131 Å². The number of fused-ring (bicyclic) bond motifs is 9. The van der Waals surface area contributed by atoms with Crippen LogP contribution in [0.3, 0.4) is 0 Å². The third-order valence-corrected chi connectivity index (χ3v) is 24.3. The number of aliphatic hydroxyl groups excluding tert-OH is 3. The fraction of sp³-hybridized carbons (Fsp3) is 0.231. The van der Waals surface area contributed by atoms with Gasteiger partial charge in [0, 0.05) is 107 Å². The predicted octanol–water partition coefficient (Wildman–Crippen LogP) is 18.3. The Labute approximate surface area is 624 Å². The van der Waals surface area contributed by atoms with Crippen molar-refractivity contribution in [2.24, 2.45) is 0 Å². The van der Waals surface area contributed by atoms with E-state index in [1.165, 1.54) is 107 Å². The maximum Gasteiger partial charge on any atom is 0.173 e. The summed E-state index contributed by atoms with van der Waals surface area (Å²) in [4.78, 5) is 44.9. The fourth-order valence-corrected chi connectivity index (χ4v) is 17.8. The molecule has 12 rings (SSSR count). The molecule has 519 valence electrons. The molecule has 0 atom stereocenters. The third-order valence-electron chi connectivity index (χ3n) is 15.1. The molecule has 11 aromatic rings. The number of hydrogen-bond acceptors (Lipinski definition) is 13. The van der Waals surface area contributed by atoms with Crippen LogP contribution in [0.1, 0.15) is 59.6 Å². The molecule has 0 spiro atoms. The van der Waals surface area contributed by atoms with Gasteiger partial charge in [-0.15, -0.1) is 71.3 Å². The topological polar surface area (TPSA) is 198 Å². The van der Waals surface area contributed by atoms with Gasteiger partial charge in [0.2, 0.25) is 0 Å². The van der Waals surface area contributed by atoms with Crippen molar-refractivity contribution in [3.8, 4) is 44.9 Å². The summed E-state index contributed by atoms with van der Waals surface area (Å²) in [5.41, 5.74) is 11.8. The van der Waals surface area contributed by atoms with Crippen molar-refractivity contribution in [3.63, 3.8) is 0 Å². The van der Waals surface area contributed by atoms with Crippen molar-refractivity contribution in [1.82, 2.24) is 15.0 Å². The van der Waals surface area contributed by atoms with E-state index < -0.39 is 34.1 Å². The smallest absolute Gasteiger partial charge is 0.173 e. The molecule has 0 bridgehead atoms. The number of allylic oxidation sites excluding steroid dienone is 6. The van der Waals surface area contributed by atoms with Gasteiger partial charge in [-0.3, -0.25) is 14.4 Å². The summed E-state index contributed by atoms with van der Waals surface area (Å²) < 4.78 is 33.8. The number of rotatable bonds is 10. The summed E-state index contributed by atoms with van der Waals surface area (Å²) in [5.74, 6) is -0.187. The number of para-hydroxylation sites is 1. The molecule has 1 aliphatic rings. The Balaban J connectivity index is 0.000000269. The van der Waals surface area contributed by atoms with E-state index in [1.54, 1.807) is 18.2 Å². The molecule has 20 heteroatoms. The average molecular weight is 1930 g/mol. The van der Waals surface area contributed by atoms with Crippen molar-refractivity contribution >= 4 is 120 Å².